The van der Waals surface area contributed by atoms with E-state index in [-0.39, 0.29) is 18.0 Å². The predicted molar refractivity (Wildman–Crippen MR) is 76.4 cm³/mol. The molecule has 0 aromatic rings. The normalized spacial score (nSPS) is 34.0. The second-order valence-corrected chi connectivity index (χ2v) is 6.40. The zero-order valence-electron chi connectivity index (χ0n) is 12.5. The maximum absolute atomic E-state index is 12.2. The minimum atomic E-state index is -0.795. The molecule has 2 N–H and O–H groups in total. The van der Waals surface area contributed by atoms with Crippen LogP contribution in [0.3, 0.4) is 0 Å². The first-order valence-electron chi connectivity index (χ1n) is 7.79. The summed E-state index contributed by atoms with van der Waals surface area (Å²) in [5.41, 5.74) is 0. The summed E-state index contributed by atoms with van der Waals surface area (Å²) in [5.74, 6) is -0.367. The molecule has 2 unspecified atom stereocenters. The van der Waals surface area contributed by atoms with E-state index in [1.165, 1.54) is 19.3 Å². The largest absolute Gasteiger partial charge is 0.481 e. The Labute approximate surface area is 120 Å². The van der Waals surface area contributed by atoms with E-state index in [0.717, 1.165) is 18.8 Å². The molecule has 2 amide bonds. The summed E-state index contributed by atoms with van der Waals surface area (Å²) < 4.78 is 0. The lowest BCUT2D eigenvalue weighted by Crippen LogP contribution is -2.45. The smallest absolute Gasteiger partial charge is 0.317 e. The van der Waals surface area contributed by atoms with Crippen molar-refractivity contribution in [1.29, 1.82) is 0 Å². The molecule has 2 atom stereocenters. The van der Waals surface area contributed by atoms with Crippen molar-refractivity contribution in [2.75, 3.05) is 13.1 Å². The van der Waals surface area contributed by atoms with Gasteiger partial charge >= 0.3 is 12.0 Å². The Hall–Kier alpha value is -1.26. The van der Waals surface area contributed by atoms with Crippen molar-refractivity contribution >= 4 is 12.0 Å². The summed E-state index contributed by atoms with van der Waals surface area (Å²) in [7, 11) is 0. The lowest BCUT2D eigenvalue weighted by Gasteiger charge is -2.30. The fourth-order valence-corrected chi connectivity index (χ4v) is 3.44. The number of hydrogen-bond donors (Lipinski definition) is 2. The van der Waals surface area contributed by atoms with Crippen LogP contribution >= 0.6 is 0 Å². The quantitative estimate of drug-likeness (QED) is 0.834. The highest BCUT2D eigenvalue weighted by molar-refractivity contribution is 5.77. The molecular formula is C15H26N2O3. The van der Waals surface area contributed by atoms with Crippen molar-refractivity contribution in [2.45, 2.75) is 52.0 Å². The minimum Gasteiger partial charge on any atom is -0.481 e. The van der Waals surface area contributed by atoms with Gasteiger partial charge in [-0.1, -0.05) is 20.3 Å². The Morgan fingerprint density at radius 2 is 1.85 bits per heavy atom. The molecule has 5 nitrogen and oxygen atoms in total. The number of nitrogens with zero attached hydrogens (tertiary/aromatic N) is 1. The highest BCUT2D eigenvalue weighted by atomic mass is 16.4. The molecule has 1 saturated heterocycles. The van der Waals surface area contributed by atoms with Gasteiger partial charge in [0.1, 0.15) is 0 Å². The Morgan fingerprint density at radius 3 is 2.35 bits per heavy atom. The van der Waals surface area contributed by atoms with Gasteiger partial charge < -0.3 is 15.3 Å². The molecule has 0 bridgehead atoms. The van der Waals surface area contributed by atoms with Crippen LogP contribution in [0.4, 0.5) is 4.79 Å². The molecule has 2 rings (SSSR count). The van der Waals surface area contributed by atoms with E-state index in [0.29, 0.717) is 13.1 Å². The maximum Gasteiger partial charge on any atom is 0.317 e. The predicted octanol–water partition coefficient (Wildman–Crippen LogP) is 2.32. The number of carboxylic acid groups (broad SMARTS) is 1. The third-order valence-corrected chi connectivity index (χ3v) is 4.97. The molecule has 1 heterocycles. The average Bonchev–Trinajstić information content (AvgIpc) is 2.82. The van der Waals surface area contributed by atoms with Crippen LogP contribution < -0.4 is 5.32 Å². The Balaban J connectivity index is 1.80. The summed E-state index contributed by atoms with van der Waals surface area (Å²) in [4.78, 5) is 24.9. The molecule has 2 fully saturated rings. The molecule has 0 aromatic heterocycles. The number of hydrogen-bond acceptors (Lipinski definition) is 2. The van der Waals surface area contributed by atoms with Crippen LogP contribution in [0.15, 0.2) is 0 Å². The first-order chi connectivity index (χ1) is 9.51. The second-order valence-electron chi connectivity index (χ2n) is 6.40. The Bertz CT molecular complexity index is 364. The van der Waals surface area contributed by atoms with Crippen LogP contribution in [0.1, 0.15) is 46.0 Å². The van der Waals surface area contributed by atoms with Crippen LogP contribution in [-0.2, 0) is 4.79 Å². The summed E-state index contributed by atoms with van der Waals surface area (Å²) >= 11 is 0. The fourth-order valence-electron chi connectivity index (χ4n) is 3.44. The zero-order valence-corrected chi connectivity index (χ0v) is 12.5. The Morgan fingerprint density at radius 1 is 1.20 bits per heavy atom. The molecule has 20 heavy (non-hydrogen) atoms. The van der Waals surface area contributed by atoms with Gasteiger partial charge in [0.25, 0.3) is 0 Å². The van der Waals surface area contributed by atoms with Crippen molar-refractivity contribution in [2.24, 2.45) is 17.8 Å². The minimum absolute atomic E-state index is 0.0362. The number of carbonyl (C=O) groups is 2. The molecule has 1 saturated carbocycles. The van der Waals surface area contributed by atoms with Gasteiger partial charge in [0.05, 0.1) is 5.92 Å². The van der Waals surface area contributed by atoms with E-state index in [1.54, 1.807) is 4.90 Å². The molecule has 114 valence electrons. The molecule has 0 aromatic carbocycles. The van der Waals surface area contributed by atoms with Crippen LogP contribution in [0.5, 0.6) is 0 Å². The van der Waals surface area contributed by atoms with Gasteiger partial charge in [0.2, 0.25) is 0 Å². The highest BCUT2D eigenvalue weighted by Crippen LogP contribution is 2.27. The molecular weight excluding hydrogens is 256 g/mol. The van der Waals surface area contributed by atoms with Crippen LogP contribution in [0.2, 0.25) is 0 Å². The maximum atomic E-state index is 12.2. The van der Waals surface area contributed by atoms with Crippen LogP contribution in [0.25, 0.3) is 0 Å². The molecule has 1 aliphatic carbocycles. The van der Waals surface area contributed by atoms with Crippen molar-refractivity contribution in [3.63, 3.8) is 0 Å². The number of urea groups is 1. The van der Waals surface area contributed by atoms with Crippen LogP contribution in [-0.4, -0.2) is 41.1 Å². The zero-order chi connectivity index (χ0) is 14.7. The van der Waals surface area contributed by atoms with E-state index in [9.17, 15) is 9.59 Å². The van der Waals surface area contributed by atoms with Crippen molar-refractivity contribution in [1.82, 2.24) is 10.2 Å². The summed E-state index contributed by atoms with van der Waals surface area (Å²) in [6.45, 7) is 5.01. The van der Waals surface area contributed by atoms with Crippen molar-refractivity contribution < 1.29 is 14.7 Å². The first-order valence-corrected chi connectivity index (χ1v) is 7.79. The monoisotopic (exact) mass is 282 g/mol. The molecule has 0 radical (unpaired) electrons. The average molecular weight is 282 g/mol. The lowest BCUT2D eigenvalue weighted by molar-refractivity contribution is -0.142. The Kier molecular flexibility index (Phi) is 4.89. The number of nitrogens with one attached hydrogen (secondary N) is 1. The van der Waals surface area contributed by atoms with Crippen molar-refractivity contribution in [3.8, 4) is 0 Å². The first kappa shape index (κ1) is 15.1. The van der Waals surface area contributed by atoms with Gasteiger partial charge in [-0.3, -0.25) is 4.79 Å². The van der Waals surface area contributed by atoms with Gasteiger partial charge in [0, 0.05) is 19.1 Å². The summed E-state index contributed by atoms with van der Waals surface area (Å²) in [5, 5.41) is 12.2. The van der Waals surface area contributed by atoms with Gasteiger partial charge in [-0.05, 0) is 37.5 Å². The van der Waals surface area contributed by atoms with Crippen LogP contribution in [0, 0.1) is 17.8 Å². The standard InChI is InChI=1S/C15H26N2O3/c1-3-11-4-6-12(7-5-11)16-15(20)17-8-10(2)13(9-17)14(18)19/h10-13H,3-9H2,1-2H3,(H,16,20)(H,18,19). The number of aliphatic carboxylic acids is 1. The fraction of sp³-hybridized carbons (Fsp3) is 0.867. The summed E-state index contributed by atoms with van der Waals surface area (Å²) in [6, 6.07) is 0.185. The third kappa shape index (κ3) is 3.44. The summed E-state index contributed by atoms with van der Waals surface area (Å²) in [6.07, 6.45) is 5.71. The molecule has 5 heteroatoms. The number of carbonyl (C=O) groups excluding carboxylic acids is 1. The highest BCUT2D eigenvalue weighted by Gasteiger charge is 2.37. The van der Waals surface area contributed by atoms with E-state index in [2.05, 4.69) is 12.2 Å². The van der Waals surface area contributed by atoms with Gasteiger partial charge in [-0.25, -0.2) is 4.79 Å². The number of carboxylic acids is 1. The second kappa shape index (κ2) is 6.46. The third-order valence-electron chi connectivity index (χ3n) is 4.97. The van der Waals surface area contributed by atoms with Gasteiger partial charge in [0.15, 0.2) is 0 Å². The van der Waals surface area contributed by atoms with E-state index >= 15 is 0 Å². The number of amides is 2. The SMILES string of the molecule is CCC1CCC(NC(=O)N2CC(C)C(C(=O)O)C2)CC1. The topological polar surface area (TPSA) is 69.6 Å². The van der Waals surface area contributed by atoms with E-state index in [4.69, 9.17) is 5.11 Å². The molecule has 0 spiro atoms. The van der Waals surface area contributed by atoms with E-state index in [1.807, 2.05) is 6.92 Å². The number of likely N-dealkylation sites (tertiary alicyclic amines) is 1. The molecule has 2 aliphatic rings. The van der Waals surface area contributed by atoms with Gasteiger partial charge in [-0.2, -0.15) is 0 Å². The van der Waals surface area contributed by atoms with Crippen molar-refractivity contribution in [3.05, 3.63) is 0 Å². The lowest BCUT2D eigenvalue weighted by atomic mass is 9.84. The number of rotatable bonds is 3. The molecule has 1 aliphatic heterocycles. The van der Waals surface area contributed by atoms with E-state index < -0.39 is 11.9 Å². The van der Waals surface area contributed by atoms with Gasteiger partial charge in [-0.15, -0.1) is 0 Å².